The lowest BCUT2D eigenvalue weighted by Crippen LogP contribution is -2.07. The van der Waals surface area contributed by atoms with Crippen LogP contribution < -0.4 is 8.92 Å². The molecule has 0 bridgehead atoms. The predicted molar refractivity (Wildman–Crippen MR) is 77.3 cm³/mol. The quantitative estimate of drug-likeness (QED) is 0.458. The smallest absolute Gasteiger partial charge is 0.306 e. The number of hydrogen-bond acceptors (Lipinski definition) is 5. The standard InChI is InChI=1S/C14H18O5S/c1-10(2)12(9-15)7-11-5-6-13(18-3)14(8-11)19-20(4,16)17/h5-10H,1-4H3/b12-7+. The molecule has 1 aromatic rings. The van der Waals surface area contributed by atoms with Gasteiger partial charge in [-0.15, -0.1) is 0 Å². The Hall–Kier alpha value is -1.82. The first-order valence-electron chi connectivity index (χ1n) is 6.01. The van der Waals surface area contributed by atoms with Gasteiger partial charge in [-0.1, -0.05) is 19.9 Å². The molecule has 0 aliphatic carbocycles. The van der Waals surface area contributed by atoms with Crippen molar-refractivity contribution in [1.82, 2.24) is 0 Å². The molecule has 0 aromatic heterocycles. The number of benzene rings is 1. The molecule has 1 aromatic carbocycles. The van der Waals surface area contributed by atoms with Crippen LogP contribution in [0.5, 0.6) is 11.5 Å². The van der Waals surface area contributed by atoms with E-state index in [9.17, 15) is 13.2 Å². The highest BCUT2D eigenvalue weighted by molar-refractivity contribution is 7.86. The summed E-state index contributed by atoms with van der Waals surface area (Å²) >= 11 is 0. The molecular weight excluding hydrogens is 280 g/mol. The Morgan fingerprint density at radius 3 is 2.35 bits per heavy atom. The van der Waals surface area contributed by atoms with Crippen LogP contribution in [0.3, 0.4) is 0 Å². The fourth-order valence-corrected chi connectivity index (χ4v) is 2.00. The first-order chi connectivity index (χ1) is 9.26. The van der Waals surface area contributed by atoms with Crippen molar-refractivity contribution in [2.75, 3.05) is 13.4 Å². The largest absolute Gasteiger partial charge is 0.493 e. The summed E-state index contributed by atoms with van der Waals surface area (Å²) in [6.07, 6.45) is 3.43. The molecule has 0 spiro atoms. The molecule has 0 saturated heterocycles. The molecule has 5 nitrogen and oxygen atoms in total. The van der Waals surface area contributed by atoms with E-state index in [2.05, 4.69) is 0 Å². The van der Waals surface area contributed by atoms with Gasteiger partial charge in [0, 0.05) is 0 Å². The minimum Gasteiger partial charge on any atom is -0.493 e. The minimum atomic E-state index is -3.65. The van der Waals surface area contributed by atoms with Crippen LogP contribution in [-0.4, -0.2) is 28.1 Å². The third kappa shape index (κ3) is 4.70. The molecule has 110 valence electrons. The van der Waals surface area contributed by atoms with Crippen molar-refractivity contribution in [3.8, 4) is 11.5 Å². The first-order valence-corrected chi connectivity index (χ1v) is 7.82. The van der Waals surface area contributed by atoms with E-state index in [-0.39, 0.29) is 11.7 Å². The second-order valence-electron chi connectivity index (χ2n) is 4.61. The molecule has 20 heavy (non-hydrogen) atoms. The van der Waals surface area contributed by atoms with Crippen LogP contribution in [0.1, 0.15) is 19.4 Å². The zero-order chi connectivity index (χ0) is 15.3. The van der Waals surface area contributed by atoms with Gasteiger partial charge in [-0.3, -0.25) is 4.79 Å². The molecule has 0 N–H and O–H groups in total. The number of ether oxygens (including phenoxy) is 1. The van der Waals surface area contributed by atoms with E-state index in [1.54, 1.807) is 18.2 Å². The highest BCUT2D eigenvalue weighted by Crippen LogP contribution is 2.30. The molecule has 0 aliphatic heterocycles. The highest BCUT2D eigenvalue weighted by Gasteiger charge is 2.11. The van der Waals surface area contributed by atoms with E-state index in [1.165, 1.54) is 13.2 Å². The maximum absolute atomic E-state index is 11.2. The molecule has 0 amide bonds. The van der Waals surface area contributed by atoms with Gasteiger partial charge in [0.05, 0.1) is 13.4 Å². The second kappa shape index (κ2) is 6.56. The van der Waals surface area contributed by atoms with Crippen LogP contribution in [0.15, 0.2) is 23.8 Å². The van der Waals surface area contributed by atoms with Gasteiger partial charge in [-0.25, -0.2) is 0 Å². The summed E-state index contributed by atoms with van der Waals surface area (Å²) in [7, 11) is -2.23. The van der Waals surface area contributed by atoms with Crippen LogP contribution in [0.25, 0.3) is 6.08 Å². The summed E-state index contributed by atoms with van der Waals surface area (Å²) < 4.78 is 32.3. The van der Waals surface area contributed by atoms with Gasteiger partial charge in [0.2, 0.25) is 0 Å². The van der Waals surface area contributed by atoms with E-state index < -0.39 is 10.1 Å². The van der Waals surface area contributed by atoms with Crippen molar-refractivity contribution < 1.29 is 22.1 Å². The number of methoxy groups -OCH3 is 1. The number of rotatable bonds is 6. The van der Waals surface area contributed by atoms with Crippen LogP contribution in [-0.2, 0) is 14.9 Å². The molecular formula is C14H18O5S. The number of aldehydes is 1. The van der Waals surface area contributed by atoms with E-state index in [4.69, 9.17) is 8.92 Å². The van der Waals surface area contributed by atoms with Gasteiger partial charge in [0.1, 0.15) is 6.29 Å². The van der Waals surface area contributed by atoms with Crippen molar-refractivity contribution in [2.45, 2.75) is 13.8 Å². The third-order valence-electron chi connectivity index (χ3n) is 2.56. The predicted octanol–water partition coefficient (Wildman–Crippen LogP) is 2.27. The summed E-state index contributed by atoms with van der Waals surface area (Å²) in [5.74, 6) is 0.483. The molecule has 6 heteroatoms. The summed E-state index contributed by atoms with van der Waals surface area (Å²) in [6.45, 7) is 3.80. The fraction of sp³-hybridized carbons (Fsp3) is 0.357. The van der Waals surface area contributed by atoms with E-state index >= 15 is 0 Å². The molecule has 0 atom stereocenters. The van der Waals surface area contributed by atoms with Crippen LogP contribution in [0, 0.1) is 5.92 Å². The molecule has 1 rings (SSSR count). The lowest BCUT2D eigenvalue weighted by Gasteiger charge is -2.10. The minimum absolute atomic E-state index is 0.0777. The Morgan fingerprint density at radius 1 is 1.25 bits per heavy atom. The van der Waals surface area contributed by atoms with Crippen LogP contribution >= 0.6 is 0 Å². The number of allylic oxidation sites excluding steroid dienone is 1. The van der Waals surface area contributed by atoms with E-state index in [1.807, 2.05) is 13.8 Å². The second-order valence-corrected chi connectivity index (χ2v) is 6.19. The topological polar surface area (TPSA) is 69.7 Å². The fourth-order valence-electron chi connectivity index (χ4n) is 1.54. The van der Waals surface area contributed by atoms with Gasteiger partial charge in [-0.2, -0.15) is 8.42 Å². The third-order valence-corrected chi connectivity index (χ3v) is 3.05. The monoisotopic (exact) mass is 298 g/mol. The molecule has 0 radical (unpaired) electrons. The summed E-state index contributed by atoms with van der Waals surface area (Å²) in [5, 5.41) is 0. The zero-order valence-corrected chi connectivity index (χ0v) is 12.7. The molecule has 0 saturated carbocycles. The lowest BCUT2D eigenvalue weighted by molar-refractivity contribution is -0.105. The van der Waals surface area contributed by atoms with Crippen LogP contribution in [0.4, 0.5) is 0 Å². The number of hydrogen-bond donors (Lipinski definition) is 0. The molecule has 0 aliphatic rings. The summed E-state index contributed by atoms with van der Waals surface area (Å²) in [5.41, 5.74) is 1.28. The zero-order valence-electron chi connectivity index (χ0n) is 11.9. The van der Waals surface area contributed by atoms with Crippen molar-refractivity contribution in [2.24, 2.45) is 5.92 Å². The Labute approximate surface area is 119 Å². The normalized spacial score (nSPS) is 12.3. The van der Waals surface area contributed by atoms with Gasteiger partial charge >= 0.3 is 10.1 Å². The van der Waals surface area contributed by atoms with Gasteiger partial charge in [0.15, 0.2) is 11.5 Å². The van der Waals surface area contributed by atoms with Gasteiger partial charge in [0.25, 0.3) is 0 Å². The van der Waals surface area contributed by atoms with Crippen molar-refractivity contribution in [3.63, 3.8) is 0 Å². The Kier molecular flexibility index (Phi) is 5.33. The van der Waals surface area contributed by atoms with E-state index in [0.717, 1.165) is 12.5 Å². The molecule has 0 fully saturated rings. The summed E-state index contributed by atoms with van der Waals surface area (Å²) in [6, 6.07) is 4.83. The van der Waals surface area contributed by atoms with Crippen molar-refractivity contribution in [3.05, 3.63) is 29.3 Å². The molecule has 0 unspecified atom stereocenters. The average molecular weight is 298 g/mol. The Bertz CT molecular complexity index is 614. The SMILES string of the molecule is COc1ccc(/C=C(\C=O)C(C)C)cc1OS(C)(=O)=O. The van der Waals surface area contributed by atoms with Gasteiger partial charge in [-0.05, 0) is 35.3 Å². The first kappa shape index (κ1) is 16.2. The average Bonchev–Trinajstić information content (AvgIpc) is 2.34. The lowest BCUT2D eigenvalue weighted by atomic mass is 10.0. The van der Waals surface area contributed by atoms with Crippen LogP contribution in [0.2, 0.25) is 0 Å². The maximum atomic E-state index is 11.2. The number of carbonyl (C=O) groups is 1. The molecule has 0 heterocycles. The van der Waals surface area contributed by atoms with Crippen molar-refractivity contribution in [1.29, 1.82) is 0 Å². The van der Waals surface area contributed by atoms with Crippen molar-refractivity contribution >= 4 is 22.5 Å². The highest BCUT2D eigenvalue weighted by atomic mass is 32.2. The Morgan fingerprint density at radius 2 is 1.90 bits per heavy atom. The number of carbonyl (C=O) groups excluding carboxylic acids is 1. The summed E-state index contributed by atoms with van der Waals surface area (Å²) in [4.78, 5) is 11.0. The maximum Gasteiger partial charge on any atom is 0.306 e. The van der Waals surface area contributed by atoms with Gasteiger partial charge < -0.3 is 8.92 Å². The Balaban J connectivity index is 3.25. The van der Waals surface area contributed by atoms with E-state index in [0.29, 0.717) is 16.9 Å².